The number of rotatable bonds is 5. The van der Waals surface area contributed by atoms with E-state index in [2.05, 4.69) is 134 Å². The summed E-state index contributed by atoms with van der Waals surface area (Å²) in [6.45, 7) is 2.30. The van der Waals surface area contributed by atoms with E-state index in [1.54, 1.807) is 0 Å². The average Bonchev–Trinajstić information content (AvgIpc) is 3.69. The summed E-state index contributed by atoms with van der Waals surface area (Å²) >= 11 is 0. The molecule has 0 aliphatic heterocycles. The molecular formula is C56H37N3O. The van der Waals surface area contributed by atoms with Gasteiger partial charge in [-0.1, -0.05) is 159 Å². The maximum atomic E-state index is 6.99. The average molecular weight is 768 g/mol. The van der Waals surface area contributed by atoms with Crippen molar-refractivity contribution in [3.8, 4) is 56.4 Å². The van der Waals surface area contributed by atoms with Gasteiger partial charge in [-0.25, -0.2) is 15.0 Å². The first-order valence-electron chi connectivity index (χ1n) is 20.6. The van der Waals surface area contributed by atoms with Crippen LogP contribution in [0.4, 0.5) is 0 Å². The fourth-order valence-corrected chi connectivity index (χ4v) is 9.14. The number of furan rings is 1. The highest BCUT2D eigenvalue weighted by Gasteiger charge is 2.20. The molecule has 1 aliphatic carbocycles. The number of hydrogen-bond acceptors (Lipinski definition) is 4. The summed E-state index contributed by atoms with van der Waals surface area (Å²) in [5.41, 5.74) is 11.6. The van der Waals surface area contributed by atoms with E-state index in [4.69, 9.17) is 19.4 Å². The van der Waals surface area contributed by atoms with E-state index in [0.29, 0.717) is 23.4 Å². The van der Waals surface area contributed by atoms with E-state index >= 15 is 0 Å². The predicted molar refractivity (Wildman–Crippen MR) is 249 cm³/mol. The summed E-state index contributed by atoms with van der Waals surface area (Å²) in [7, 11) is 0. The Kier molecular flexibility index (Phi) is 7.85. The van der Waals surface area contributed by atoms with E-state index in [9.17, 15) is 0 Å². The lowest BCUT2D eigenvalue weighted by Gasteiger charge is -2.18. The van der Waals surface area contributed by atoms with Gasteiger partial charge in [0.15, 0.2) is 17.5 Å². The Morgan fingerprint density at radius 1 is 0.433 bits per heavy atom. The summed E-state index contributed by atoms with van der Waals surface area (Å²) < 4.78 is 6.99. The number of hydrogen-bond donors (Lipinski definition) is 0. The highest BCUT2D eigenvalue weighted by molar-refractivity contribution is 6.14. The minimum atomic E-state index is 0.531. The first-order chi connectivity index (χ1) is 29.6. The van der Waals surface area contributed by atoms with Gasteiger partial charge in [0.1, 0.15) is 11.2 Å². The van der Waals surface area contributed by atoms with Crippen molar-refractivity contribution in [2.75, 3.05) is 0 Å². The molecule has 0 bridgehead atoms. The van der Waals surface area contributed by atoms with Crippen LogP contribution in [-0.4, -0.2) is 15.0 Å². The third-order valence-electron chi connectivity index (χ3n) is 12.2. The Balaban J connectivity index is 1.06. The summed E-state index contributed by atoms with van der Waals surface area (Å²) in [6.07, 6.45) is 5.66. The summed E-state index contributed by atoms with van der Waals surface area (Å²) in [5, 5.41) is 9.60. The van der Waals surface area contributed by atoms with Gasteiger partial charge in [-0.15, -0.1) is 0 Å². The van der Waals surface area contributed by atoms with Crippen molar-refractivity contribution in [1.29, 1.82) is 0 Å². The minimum absolute atomic E-state index is 0.531. The molecule has 11 aromatic rings. The molecular weight excluding hydrogens is 731 g/mol. The molecule has 1 aliphatic rings. The molecule has 2 aromatic heterocycles. The third kappa shape index (κ3) is 5.79. The van der Waals surface area contributed by atoms with Crippen molar-refractivity contribution in [3.63, 3.8) is 0 Å². The van der Waals surface area contributed by atoms with Crippen molar-refractivity contribution >= 4 is 60.3 Å². The Bertz CT molecular complexity index is 3470. The zero-order valence-electron chi connectivity index (χ0n) is 32.9. The van der Waals surface area contributed by atoms with Crippen LogP contribution in [0.25, 0.3) is 117 Å². The van der Waals surface area contributed by atoms with Crippen molar-refractivity contribution in [3.05, 3.63) is 193 Å². The fourth-order valence-electron chi connectivity index (χ4n) is 9.14. The van der Waals surface area contributed by atoms with Crippen molar-refractivity contribution < 1.29 is 4.42 Å². The SMILES string of the molecule is CC1C=Cc2ccc3cc(-c4cc(-c5ccc6ccc7ccccc7c6c5)c5oc6cc(-c7nc(-c8ccccc8)nc(-c8ccccc8)n7)ccc6c5c4)ccc3c2C1. The number of aromatic nitrogens is 3. The fraction of sp³-hybridized carbons (Fsp3) is 0.0536. The second-order valence-electron chi connectivity index (χ2n) is 16.1. The van der Waals surface area contributed by atoms with Crippen LogP contribution in [0.15, 0.2) is 186 Å². The zero-order chi connectivity index (χ0) is 39.7. The monoisotopic (exact) mass is 767 g/mol. The quantitative estimate of drug-likeness (QED) is 0.164. The zero-order valence-corrected chi connectivity index (χ0v) is 32.9. The number of nitrogens with zero attached hydrogens (tertiary/aromatic N) is 3. The van der Waals surface area contributed by atoms with Gasteiger partial charge in [0.05, 0.1) is 0 Å². The first-order valence-corrected chi connectivity index (χ1v) is 20.6. The smallest absolute Gasteiger partial charge is 0.164 e. The highest BCUT2D eigenvalue weighted by atomic mass is 16.3. The molecule has 0 spiro atoms. The molecule has 0 saturated heterocycles. The van der Waals surface area contributed by atoms with E-state index < -0.39 is 0 Å². The van der Waals surface area contributed by atoms with Crippen molar-refractivity contribution in [1.82, 2.24) is 15.0 Å². The van der Waals surface area contributed by atoms with Gasteiger partial charge < -0.3 is 4.42 Å². The molecule has 0 fully saturated rings. The van der Waals surface area contributed by atoms with Crippen LogP contribution >= 0.6 is 0 Å². The number of fused-ring (bicyclic) bond motifs is 9. The van der Waals surface area contributed by atoms with Gasteiger partial charge in [-0.05, 0) is 109 Å². The van der Waals surface area contributed by atoms with Crippen molar-refractivity contribution in [2.24, 2.45) is 5.92 Å². The lowest BCUT2D eigenvalue weighted by atomic mass is 9.86. The molecule has 4 nitrogen and oxygen atoms in total. The number of benzene rings is 9. The van der Waals surface area contributed by atoms with Crippen LogP contribution in [-0.2, 0) is 6.42 Å². The molecule has 0 radical (unpaired) electrons. The normalized spacial score (nSPS) is 13.8. The van der Waals surface area contributed by atoms with Crippen LogP contribution in [0.5, 0.6) is 0 Å². The van der Waals surface area contributed by atoms with Crippen LogP contribution in [0.2, 0.25) is 0 Å². The minimum Gasteiger partial charge on any atom is -0.455 e. The molecule has 0 amide bonds. The molecule has 4 heteroatoms. The summed E-state index contributed by atoms with van der Waals surface area (Å²) in [5.74, 6) is 2.38. The molecule has 0 saturated carbocycles. The first kappa shape index (κ1) is 34.4. The summed E-state index contributed by atoms with van der Waals surface area (Å²) in [4.78, 5) is 15.0. The topological polar surface area (TPSA) is 51.8 Å². The van der Waals surface area contributed by atoms with E-state index in [1.807, 2.05) is 60.7 Å². The molecule has 1 atom stereocenters. The lowest BCUT2D eigenvalue weighted by molar-refractivity contribution is 0.670. The Hall–Kier alpha value is -7.69. The van der Waals surface area contributed by atoms with Crippen LogP contribution in [0, 0.1) is 5.92 Å². The standard InChI is InChI=1S/C56H37N3O/c1-34-16-17-36-20-22-41-29-40(24-26-46(41)48(36)28-34)44-31-50(42-23-21-37-19-18-35-10-8-9-15-45(35)49(37)30-42)53-51(32-44)47-27-25-43(33-52(47)60-53)56-58-54(38-11-4-2-5-12-38)57-55(59-56)39-13-6-3-7-14-39/h2-27,29-34H,28H2,1H3. The van der Waals surface area contributed by atoms with Gasteiger partial charge in [0.2, 0.25) is 0 Å². The Labute approximate surface area is 347 Å². The number of allylic oxidation sites excluding steroid dienone is 1. The van der Waals surface area contributed by atoms with Gasteiger partial charge in [-0.3, -0.25) is 0 Å². The molecule has 60 heavy (non-hydrogen) atoms. The molecule has 0 N–H and O–H groups in total. The van der Waals surface area contributed by atoms with Crippen LogP contribution in [0.1, 0.15) is 18.1 Å². The van der Waals surface area contributed by atoms with Crippen molar-refractivity contribution in [2.45, 2.75) is 13.3 Å². The highest BCUT2D eigenvalue weighted by Crippen LogP contribution is 2.43. The Morgan fingerprint density at radius 3 is 1.83 bits per heavy atom. The predicted octanol–water partition coefficient (Wildman–Crippen LogP) is 14.8. The van der Waals surface area contributed by atoms with Gasteiger partial charge in [0, 0.05) is 33.0 Å². The lowest BCUT2D eigenvalue weighted by Crippen LogP contribution is -2.03. The third-order valence-corrected chi connectivity index (χ3v) is 12.2. The van der Waals surface area contributed by atoms with E-state index in [1.165, 1.54) is 49.0 Å². The van der Waals surface area contributed by atoms with Gasteiger partial charge in [-0.2, -0.15) is 0 Å². The van der Waals surface area contributed by atoms with E-state index in [-0.39, 0.29) is 0 Å². The van der Waals surface area contributed by atoms with E-state index in [0.717, 1.165) is 61.7 Å². The largest absolute Gasteiger partial charge is 0.455 e. The maximum Gasteiger partial charge on any atom is 0.164 e. The summed E-state index contributed by atoms with van der Waals surface area (Å²) in [6, 6.07) is 62.5. The molecule has 282 valence electrons. The van der Waals surface area contributed by atoms with Gasteiger partial charge >= 0.3 is 0 Å². The Morgan fingerprint density at radius 2 is 1.05 bits per heavy atom. The molecule has 9 aromatic carbocycles. The molecule has 1 unspecified atom stereocenters. The second-order valence-corrected chi connectivity index (χ2v) is 16.1. The maximum absolute atomic E-state index is 6.99. The van der Waals surface area contributed by atoms with Crippen LogP contribution < -0.4 is 0 Å². The molecule has 12 rings (SSSR count). The van der Waals surface area contributed by atoms with Gasteiger partial charge in [0.25, 0.3) is 0 Å². The second kappa shape index (κ2) is 13.7. The molecule has 2 heterocycles. The van der Waals surface area contributed by atoms with Crippen LogP contribution in [0.3, 0.4) is 0 Å².